The summed E-state index contributed by atoms with van der Waals surface area (Å²) < 4.78 is 5.07. The summed E-state index contributed by atoms with van der Waals surface area (Å²) in [5, 5.41) is 0. The van der Waals surface area contributed by atoms with Crippen molar-refractivity contribution in [3.63, 3.8) is 0 Å². The molecule has 0 radical (unpaired) electrons. The van der Waals surface area contributed by atoms with E-state index in [1.165, 1.54) is 0 Å². The zero-order valence-corrected chi connectivity index (χ0v) is 7.83. The minimum atomic E-state index is -0.0880. The molecule has 1 aromatic carbocycles. The third kappa shape index (κ3) is 1.87. The fourth-order valence-corrected chi connectivity index (χ4v) is 1.27. The van der Waals surface area contributed by atoms with Gasteiger partial charge in [0.15, 0.2) is 5.78 Å². The molecule has 0 aromatic heterocycles. The van der Waals surface area contributed by atoms with Gasteiger partial charge in [0.25, 0.3) is 0 Å². The summed E-state index contributed by atoms with van der Waals surface area (Å²) in [4.78, 5) is 11.4. The standard InChI is InChI=1S/C10H13NO2/c1-7-4-3-5-9(13-2)10(7)8(12)6-11/h3-5H,6,11H2,1-2H3. The number of rotatable bonds is 3. The number of ether oxygens (including phenoxy) is 1. The van der Waals surface area contributed by atoms with E-state index in [-0.39, 0.29) is 12.3 Å². The Morgan fingerprint density at radius 2 is 2.23 bits per heavy atom. The molecule has 13 heavy (non-hydrogen) atoms. The third-order valence-electron chi connectivity index (χ3n) is 1.92. The number of hydrogen-bond acceptors (Lipinski definition) is 3. The van der Waals surface area contributed by atoms with E-state index in [1.807, 2.05) is 19.1 Å². The summed E-state index contributed by atoms with van der Waals surface area (Å²) in [5.74, 6) is 0.505. The minimum Gasteiger partial charge on any atom is -0.496 e. The van der Waals surface area contributed by atoms with Crippen molar-refractivity contribution in [3.05, 3.63) is 29.3 Å². The van der Waals surface area contributed by atoms with Gasteiger partial charge in [-0.2, -0.15) is 0 Å². The molecule has 0 aliphatic carbocycles. The Morgan fingerprint density at radius 3 is 2.77 bits per heavy atom. The average Bonchev–Trinajstić information content (AvgIpc) is 2.16. The molecular weight excluding hydrogens is 166 g/mol. The first-order valence-corrected chi connectivity index (χ1v) is 4.07. The van der Waals surface area contributed by atoms with E-state index in [0.717, 1.165) is 5.56 Å². The predicted molar refractivity (Wildman–Crippen MR) is 51.1 cm³/mol. The number of methoxy groups -OCH3 is 1. The Balaban J connectivity index is 3.22. The van der Waals surface area contributed by atoms with Crippen LogP contribution in [0.1, 0.15) is 15.9 Å². The van der Waals surface area contributed by atoms with Gasteiger partial charge in [-0.05, 0) is 18.6 Å². The van der Waals surface area contributed by atoms with Crippen molar-refractivity contribution in [1.82, 2.24) is 0 Å². The van der Waals surface area contributed by atoms with Crippen LogP contribution in [-0.4, -0.2) is 19.4 Å². The van der Waals surface area contributed by atoms with Gasteiger partial charge in [0.2, 0.25) is 0 Å². The van der Waals surface area contributed by atoms with E-state index < -0.39 is 0 Å². The first-order chi connectivity index (χ1) is 6.20. The van der Waals surface area contributed by atoms with Crippen LogP contribution in [0.4, 0.5) is 0 Å². The van der Waals surface area contributed by atoms with Crippen molar-refractivity contribution < 1.29 is 9.53 Å². The summed E-state index contributed by atoms with van der Waals surface area (Å²) in [6, 6.07) is 5.47. The molecule has 0 amide bonds. The normalized spacial score (nSPS) is 9.77. The lowest BCUT2D eigenvalue weighted by atomic mass is 10.0. The minimum absolute atomic E-state index is 0.0151. The van der Waals surface area contributed by atoms with Gasteiger partial charge in [0, 0.05) is 0 Å². The Morgan fingerprint density at radius 1 is 1.54 bits per heavy atom. The first-order valence-electron chi connectivity index (χ1n) is 4.07. The molecule has 3 nitrogen and oxygen atoms in total. The Kier molecular flexibility index (Phi) is 3.03. The molecule has 1 aromatic rings. The van der Waals surface area contributed by atoms with Crippen molar-refractivity contribution in [2.75, 3.05) is 13.7 Å². The van der Waals surface area contributed by atoms with Crippen LogP contribution in [-0.2, 0) is 0 Å². The number of carbonyl (C=O) groups is 1. The maximum absolute atomic E-state index is 11.4. The van der Waals surface area contributed by atoms with Crippen LogP contribution in [0.5, 0.6) is 5.75 Å². The maximum Gasteiger partial charge on any atom is 0.180 e. The quantitative estimate of drug-likeness (QED) is 0.708. The molecule has 3 heteroatoms. The number of Topliss-reactive ketones (excluding diaryl/α,β-unsaturated/α-hetero) is 1. The molecule has 0 bridgehead atoms. The number of carbonyl (C=O) groups excluding carboxylic acids is 1. The van der Waals surface area contributed by atoms with Gasteiger partial charge in [0.1, 0.15) is 5.75 Å². The SMILES string of the molecule is COc1cccc(C)c1C(=O)CN. The van der Waals surface area contributed by atoms with Crippen molar-refractivity contribution in [3.8, 4) is 5.75 Å². The summed E-state index contributed by atoms with van der Waals surface area (Å²) >= 11 is 0. The van der Waals surface area contributed by atoms with E-state index in [2.05, 4.69) is 0 Å². The number of nitrogens with two attached hydrogens (primary N) is 1. The predicted octanol–water partition coefficient (Wildman–Crippen LogP) is 1.15. The van der Waals surface area contributed by atoms with Gasteiger partial charge in [-0.15, -0.1) is 0 Å². The van der Waals surface area contributed by atoms with Gasteiger partial charge in [-0.25, -0.2) is 0 Å². The summed E-state index contributed by atoms with van der Waals surface area (Å²) in [6.07, 6.45) is 0. The van der Waals surface area contributed by atoms with Gasteiger partial charge in [-0.3, -0.25) is 4.79 Å². The number of ketones is 1. The Bertz CT molecular complexity index is 321. The van der Waals surface area contributed by atoms with Crippen LogP contribution < -0.4 is 10.5 Å². The molecule has 0 aliphatic heterocycles. The Hall–Kier alpha value is -1.35. The van der Waals surface area contributed by atoms with Gasteiger partial charge in [0.05, 0.1) is 19.2 Å². The van der Waals surface area contributed by atoms with Crippen molar-refractivity contribution in [2.45, 2.75) is 6.92 Å². The summed E-state index contributed by atoms with van der Waals surface area (Å²) in [5.41, 5.74) is 6.78. The second-order valence-electron chi connectivity index (χ2n) is 2.78. The monoisotopic (exact) mass is 179 g/mol. The number of hydrogen-bond donors (Lipinski definition) is 1. The van der Waals surface area contributed by atoms with E-state index in [9.17, 15) is 4.79 Å². The molecule has 1 rings (SSSR count). The zero-order chi connectivity index (χ0) is 9.84. The van der Waals surface area contributed by atoms with Crippen LogP contribution in [0.3, 0.4) is 0 Å². The Labute approximate surface area is 77.5 Å². The molecule has 0 heterocycles. The van der Waals surface area contributed by atoms with E-state index >= 15 is 0 Å². The lowest BCUT2D eigenvalue weighted by Crippen LogP contribution is -2.15. The zero-order valence-electron chi connectivity index (χ0n) is 7.83. The fourth-order valence-electron chi connectivity index (χ4n) is 1.27. The van der Waals surface area contributed by atoms with Crippen LogP contribution in [0, 0.1) is 6.92 Å². The number of benzene rings is 1. The maximum atomic E-state index is 11.4. The molecule has 0 atom stereocenters. The molecule has 0 saturated carbocycles. The smallest absolute Gasteiger partial charge is 0.180 e. The molecule has 70 valence electrons. The average molecular weight is 179 g/mol. The molecule has 0 saturated heterocycles. The third-order valence-corrected chi connectivity index (χ3v) is 1.92. The topological polar surface area (TPSA) is 52.3 Å². The molecule has 0 unspecified atom stereocenters. The molecular formula is C10H13NO2. The highest BCUT2D eigenvalue weighted by Gasteiger charge is 2.12. The second kappa shape index (κ2) is 4.05. The highest BCUT2D eigenvalue weighted by atomic mass is 16.5. The van der Waals surface area contributed by atoms with Crippen molar-refractivity contribution in [1.29, 1.82) is 0 Å². The summed E-state index contributed by atoms with van der Waals surface area (Å²) in [6.45, 7) is 1.88. The molecule has 0 fully saturated rings. The van der Waals surface area contributed by atoms with Crippen molar-refractivity contribution in [2.24, 2.45) is 5.73 Å². The van der Waals surface area contributed by atoms with Crippen LogP contribution in [0.2, 0.25) is 0 Å². The molecule has 0 spiro atoms. The van der Waals surface area contributed by atoms with Gasteiger partial charge in [-0.1, -0.05) is 12.1 Å². The van der Waals surface area contributed by atoms with Crippen molar-refractivity contribution >= 4 is 5.78 Å². The number of aryl methyl sites for hydroxylation is 1. The highest BCUT2D eigenvalue weighted by Crippen LogP contribution is 2.21. The lowest BCUT2D eigenvalue weighted by molar-refractivity contribution is 0.0998. The van der Waals surface area contributed by atoms with Gasteiger partial charge < -0.3 is 10.5 Å². The highest BCUT2D eigenvalue weighted by molar-refractivity contribution is 6.01. The van der Waals surface area contributed by atoms with E-state index in [4.69, 9.17) is 10.5 Å². The molecule has 0 aliphatic rings. The van der Waals surface area contributed by atoms with E-state index in [1.54, 1.807) is 13.2 Å². The van der Waals surface area contributed by atoms with Crippen LogP contribution in [0.25, 0.3) is 0 Å². The fraction of sp³-hybridized carbons (Fsp3) is 0.300. The van der Waals surface area contributed by atoms with Gasteiger partial charge >= 0.3 is 0 Å². The first kappa shape index (κ1) is 9.74. The second-order valence-corrected chi connectivity index (χ2v) is 2.78. The van der Waals surface area contributed by atoms with Crippen LogP contribution in [0.15, 0.2) is 18.2 Å². The lowest BCUT2D eigenvalue weighted by Gasteiger charge is -2.08. The van der Waals surface area contributed by atoms with E-state index in [0.29, 0.717) is 11.3 Å². The summed E-state index contributed by atoms with van der Waals surface area (Å²) in [7, 11) is 1.54. The molecule has 2 N–H and O–H groups in total. The largest absolute Gasteiger partial charge is 0.496 e. The van der Waals surface area contributed by atoms with Crippen LogP contribution >= 0.6 is 0 Å².